The zero-order valence-electron chi connectivity index (χ0n) is 16.3. The summed E-state index contributed by atoms with van der Waals surface area (Å²) >= 11 is 0. The van der Waals surface area contributed by atoms with Gasteiger partial charge in [-0.2, -0.15) is 0 Å². The van der Waals surface area contributed by atoms with Crippen molar-refractivity contribution in [1.29, 1.82) is 0 Å². The second-order valence-corrected chi connectivity index (χ2v) is 6.77. The highest BCUT2D eigenvalue weighted by Gasteiger charge is 2.24. The summed E-state index contributed by atoms with van der Waals surface area (Å²) in [5.41, 5.74) is 1.43. The quantitative estimate of drug-likeness (QED) is 0.799. The molecular formula is C21H26N4O3. The van der Waals surface area contributed by atoms with Crippen LogP contribution in [0.2, 0.25) is 0 Å². The second-order valence-electron chi connectivity index (χ2n) is 6.77. The van der Waals surface area contributed by atoms with Gasteiger partial charge in [-0.25, -0.2) is 4.98 Å². The van der Waals surface area contributed by atoms with Crippen molar-refractivity contribution >= 4 is 17.6 Å². The fourth-order valence-electron chi connectivity index (χ4n) is 3.43. The standard InChI is InChI=1S/C21H26N4O3/c1-22-21(27)17-7-5-11-23-20(17)24-16-9-12-25(13-10-16)19(26)14-15-6-3-4-8-18(15)28-2/h3-8,11,16H,9-10,12-14H2,1-2H3,(H,22,27)(H,23,24). The van der Waals surface area contributed by atoms with E-state index in [0.29, 0.717) is 30.9 Å². The fourth-order valence-corrected chi connectivity index (χ4v) is 3.43. The smallest absolute Gasteiger partial charge is 0.254 e. The molecule has 1 aromatic heterocycles. The van der Waals surface area contributed by atoms with Crippen molar-refractivity contribution in [2.75, 3.05) is 32.6 Å². The Bertz CT molecular complexity index is 832. The lowest BCUT2D eigenvalue weighted by molar-refractivity contribution is -0.131. The SMILES string of the molecule is CNC(=O)c1cccnc1NC1CCN(C(=O)Cc2ccccc2OC)CC1. The number of nitrogens with one attached hydrogen (secondary N) is 2. The number of aromatic nitrogens is 1. The molecule has 7 nitrogen and oxygen atoms in total. The van der Waals surface area contributed by atoms with Gasteiger partial charge in [-0.3, -0.25) is 9.59 Å². The van der Waals surface area contributed by atoms with Crippen molar-refractivity contribution in [3.05, 3.63) is 53.7 Å². The maximum Gasteiger partial charge on any atom is 0.254 e. The van der Waals surface area contributed by atoms with Crippen molar-refractivity contribution in [3.63, 3.8) is 0 Å². The summed E-state index contributed by atoms with van der Waals surface area (Å²) in [5.74, 6) is 1.26. The van der Waals surface area contributed by atoms with Gasteiger partial charge in [0, 0.05) is 37.9 Å². The number of carbonyl (C=O) groups is 2. The van der Waals surface area contributed by atoms with Crippen molar-refractivity contribution in [2.45, 2.75) is 25.3 Å². The first-order valence-corrected chi connectivity index (χ1v) is 9.45. The van der Waals surface area contributed by atoms with Crippen LogP contribution in [-0.4, -0.2) is 55.0 Å². The first-order chi connectivity index (χ1) is 13.6. The van der Waals surface area contributed by atoms with Crippen LogP contribution in [0.5, 0.6) is 5.75 Å². The summed E-state index contributed by atoms with van der Waals surface area (Å²) in [4.78, 5) is 30.9. The van der Waals surface area contributed by atoms with Gasteiger partial charge in [0.05, 0.1) is 19.1 Å². The molecular weight excluding hydrogens is 356 g/mol. The average Bonchev–Trinajstić information content (AvgIpc) is 2.74. The van der Waals surface area contributed by atoms with Gasteiger partial charge < -0.3 is 20.3 Å². The molecule has 0 spiro atoms. The lowest BCUT2D eigenvalue weighted by atomic mass is 10.0. The molecule has 7 heteroatoms. The number of pyridine rings is 1. The summed E-state index contributed by atoms with van der Waals surface area (Å²) in [7, 11) is 3.22. The average molecular weight is 382 g/mol. The number of para-hydroxylation sites is 1. The van der Waals surface area contributed by atoms with Gasteiger partial charge in [0.25, 0.3) is 5.91 Å². The number of amides is 2. The molecule has 0 saturated carbocycles. The predicted octanol–water partition coefficient (Wildman–Crippen LogP) is 2.10. The molecule has 1 aliphatic heterocycles. The van der Waals surface area contributed by atoms with Crippen LogP contribution in [0.4, 0.5) is 5.82 Å². The molecule has 2 aromatic rings. The normalized spacial score (nSPS) is 14.4. The Kier molecular flexibility index (Phi) is 6.47. The minimum Gasteiger partial charge on any atom is -0.496 e. The number of benzene rings is 1. The molecule has 3 rings (SSSR count). The maximum atomic E-state index is 12.7. The third-order valence-electron chi connectivity index (χ3n) is 5.00. The van der Waals surface area contributed by atoms with E-state index < -0.39 is 0 Å². The van der Waals surface area contributed by atoms with Gasteiger partial charge in [0.1, 0.15) is 11.6 Å². The number of anilines is 1. The monoisotopic (exact) mass is 382 g/mol. The third kappa shape index (κ3) is 4.60. The summed E-state index contributed by atoms with van der Waals surface area (Å²) in [6.07, 6.45) is 3.62. The first kappa shape index (κ1) is 19.7. The molecule has 148 valence electrons. The van der Waals surface area contributed by atoms with Crippen molar-refractivity contribution < 1.29 is 14.3 Å². The predicted molar refractivity (Wildman–Crippen MR) is 108 cm³/mol. The molecule has 2 heterocycles. The molecule has 1 saturated heterocycles. The molecule has 0 aliphatic carbocycles. The van der Waals surface area contributed by atoms with Crippen molar-refractivity contribution in [1.82, 2.24) is 15.2 Å². The Balaban J connectivity index is 1.56. The van der Waals surface area contributed by atoms with Crippen LogP contribution < -0.4 is 15.4 Å². The number of hydrogen-bond acceptors (Lipinski definition) is 5. The van der Waals surface area contributed by atoms with Gasteiger partial charge in [-0.05, 0) is 31.0 Å². The number of piperidine rings is 1. The fraction of sp³-hybridized carbons (Fsp3) is 0.381. The van der Waals surface area contributed by atoms with Crippen LogP contribution in [0, 0.1) is 0 Å². The lowest BCUT2D eigenvalue weighted by Crippen LogP contribution is -2.43. The van der Waals surface area contributed by atoms with E-state index in [2.05, 4.69) is 15.6 Å². The van der Waals surface area contributed by atoms with Crippen molar-refractivity contribution in [3.8, 4) is 5.75 Å². The van der Waals surface area contributed by atoms with Crippen LogP contribution in [0.3, 0.4) is 0 Å². The number of carbonyl (C=O) groups excluding carboxylic acids is 2. The summed E-state index contributed by atoms with van der Waals surface area (Å²) < 4.78 is 5.34. The Hall–Kier alpha value is -3.09. The minimum absolute atomic E-state index is 0.104. The molecule has 1 fully saturated rings. The van der Waals surface area contributed by atoms with E-state index >= 15 is 0 Å². The summed E-state index contributed by atoms with van der Waals surface area (Å²) in [5, 5.41) is 5.99. The van der Waals surface area contributed by atoms with Gasteiger partial charge in [-0.1, -0.05) is 18.2 Å². The molecule has 1 aliphatic rings. The van der Waals surface area contributed by atoms with Crippen LogP contribution in [-0.2, 0) is 11.2 Å². The third-order valence-corrected chi connectivity index (χ3v) is 5.00. The van der Waals surface area contributed by atoms with Gasteiger partial charge in [-0.15, -0.1) is 0 Å². The van der Waals surface area contributed by atoms with E-state index in [1.54, 1.807) is 32.5 Å². The highest BCUT2D eigenvalue weighted by Crippen LogP contribution is 2.21. The number of rotatable bonds is 6. The van der Waals surface area contributed by atoms with Gasteiger partial charge >= 0.3 is 0 Å². The van der Waals surface area contributed by atoms with E-state index in [9.17, 15) is 9.59 Å². The molecule has 2 N–H and O–H groups in total. The van der Waals surface area contributed by atoms with Crippen LogP contribution >= 0.6 is 0 Å². The second kappa shape index (κ2) is 9.21. The number of likely N-dealkylation sites (tertiary alicyclic amines) is 1. The van der Waals surface area contributed by atoms with E-state index in [1.807, 2.05) is 29.2 Å². The zero-order valence-corrected chi connectivity index (χ0v) is 16.3. The molecule has 2 amide bonds. The topological polar surface area (TPSA) is 83.6 Å². The number of hydrogen-bond donors (Lipinski definition) is 2. The largest absolute Gasteiger partial charge is 0.496 e. The van der Waals surface area contributed by atoms with E-state index in [1.165, 1.54) is 0 Å². The Morgan fingerprint density at radius 3 is 2.64 bits per heavy atom. The Labute approximate surface area is 165 Å². The Morgan fingerprint density at radius 1 is 1.18 bits per heavy atom. The van der Waals surface area contributed by atoms with E-state index in [0.717, 1.165) is 24.2 Å². The molecule has 0 unspecified atom stereocenters. The highest BCUT2D eigenvalue weighted by atomic mass is 16.5. The molecule has 0 bridgehead atoms. The lowest BCUT2D eigenvalue weighted by Gasteiger charge is -2.33. The van der Waals surface area contributed by atoms with E-state index in [4.69, 9.17) is 4.74 Å². The molecule has 0 radical (unpaired) electrons. The summed E-state index contributed by atoms with van der Waals surface area (Å²) in [6.45, 7) is 1.35. The maximum absolute atomic E-state index is 12.7. The molecule has 28 heavy (non-hydrogen) atoms. The minimum atomic E-state index is -0.167. The Morgan fingerprint density at radius 2 is 1.93 bits per heavy atom. The van der Waals surface area contributed by atoms with Crippen LogP contribution in [0.25, 0.3) is 0 Å². The zero-order chi connectivity index (χ0) is 19.9. The van der Waals surface area contributed by atoms with Gasteiger partial charge in [0.15, 0.2) is 0 Å². The first-order valence-electron chi connectivity index (χ1n) is 9.45. The van der Waals surface area contributed by atoms with E-state index in [-0.39, 0.29) is 17.9 Å². The summed E-state index contributed by atoms with van der Waals surface area (Å²) in [6, 6.07) is 11.3. The van der Waals surface area contributed by atoms with Crippen molar-refractivity contribution in [2.24, 2.45) is 0 Å². The molecule has 1 aromatic carbocycles. The number of nitrogens with zero attached hydrogens (tertiary/aromatic N) is 2. The van der Waals surface area contributed by atoms with Gasteiger partial charge in [0.2, 0.25) is 5.91 Å². The number of methoxy groups -OCH3 is 1. The highest BCUT2D eigenvalue weighted by molar-refractivity contribution is 5.98. The molecule has 0 atom stereocenters. The number of ether oxygens (including phenoxy) is 1. The van der Waals surface area contributed by atoms with Crippen LogP contribution in [0.15, 0.2) is 42.6 Å². The van der Waals surface area contributed by atoms with Crippen LogP contribution in [0.1, 0.15) is 28.8 Å².